The van der Waals surface area contributed by atoms with E-state index in [2.05, 4.69) is 19.8 Å². The average molecular weight is 312 g/mol. The quantitative estimate of drug-likeness (QED) is 0.855. The fourth-order valence-electron chi connectivity index (χ4n) is 3.03. The predicted octanol–water partition coefficient (Wildman–Crippen LogP) is 1.44. The lowest BCUT2D eigenvalue weighted by Gasteiger charge is -2.37. The summed E-state index contributed by atoms with van der Waals surface area (Å²) in [6.07, 6.45) is 3.67. The van der Waals surface area contributed by atoms with Crippen LogP contribution in [0.5, 0.6) is 11.5 Å². The van der Waals surface area contributed by atoms with Crippen LogP contribution < -0.4 is 14.4 Å². The molecule has 0 amide bonds. The highest BCUT2D eigenvalue weighted by molar-refractivity contribution is 5.40. The first kappa shape index (κ1) is 14.3. The summed E-state index contributed by atoms with van der Waals surface area (Å²) in [7, 11) is 0. The van der Waals surface area contributed by atoms with Gasteiger partial charge in [0.25, 0.3) is 0 Å². The average Bonchev–Trinajstić information content (AvgIpc) is 2.63. The second-order valence-corrected chi connectivity index (χ2v) is 5.83. The van der Waals surface area contributed by atoms with E-state index in [-0.39, 0.29) is 6.10 Å². The molecule has 23 heavy (non-hydrogen) atoms. The van der Waals surface area contributed by atoms with Gasteiger partial charge in [-0.1, -0.05) is 12.1 Å². The fourth-order valence-corrected chi connectivity index (χ4v) is 3.03. The van der Waals surface area contributed by atoms with Crippen LogP contribution in [0.15, 0.2) is 42.7 Å². The Morgan fingerprint density at radius 1 is 0.957 bits per heavy atom. The van der Waals surface area contributed by atoms with Crippen LogP contribution in [0.3, 0.4) is 0 Å². The highest BCUT2D eigenvalue weighted by Crippen LogP contribution is 2.31. The van der Waals surface area contributed by atoms with Crippen LogP contribution in [0.2, 0.25) is 0 Å². The molecule has 2 aliphatic rings. The lowest BCUT2D eigenvalue weighted by molar-refractivity contribution is 0.0570. The Balaban J connectivity index is 1.30. The summed E-state index contributed by atoms with van der Waals surface area (Å²) in [5, 5.41) is 0. The van der Waals surface area contributed by atoms with Crippen molar-refractivity contribution >= 4 is 5.95 Å². The lowest BCUT2D eigenvalue weighted by Crippen LogP contribution is -2.51. The SMILES string of the molecule is c1cnc(N2CCN(C[C@@H]3COc4ccccc4O3)CC2)nc1. The molecule has 3 heterocycles. The van der Waals surface area contributed by atoms with Crippen LogP contribution in [0.25, 0.3) is 0 Å². The number of hydrogen-bond acceptors (Lipinski definition) is 6. The number of rotatable bonds is 3. The molecule has 2 aliphatic heterocycles. The second kappa shape index (κ2) is 6.42. The second-order valence-electron chi connectivity index (χ2n) is 5.83. The molecule has 1 aromatic heterocycles. The van der Waals surface area contributed by atoms with E-state index in [4.69, 9.17) is 9.47 Å². The molecular formula is C17H20N4O2. The Morgan fingerprint density at radius 2 is 1.70 bits per heavy atom. The molecule has 0 N–H and O–H groups in total. The van der Waals surface area contributed by atoms with Crippen molar-refractivity contribution in [2.75, 3.05) is 44.2 Å². The van der Waals surface area contributed by atoms with E-state index in [0.717, 1.165) is 50.2 Å². The molecule has 1 atom stereocenters. The highest BCUT2D eigenvalue weighted by atomic mass is 16.6. The van der Waals surface area contributed by atoms with Crippen LogP contribution in [0, 0.1) is 0 Å². The summed E-state index contributed by atoms with van der Waals surface area (Å²) in [5.41, 5.74) is 0. The van der Waals surface area contributed by atoms with Crippen LogP contribution in [-0.4, -0.2) is 60.3 Å². The normalized spacial score (nSPS) is 21.2. The van der Waals surface area contributed by atoms with Crippen LogP contribution in [-0.2, 0) is 0 Å². The van der Waals surface area contributed by atoms with Crippen molar-refractivity contribution in [3.8, 4) is 11.5 Å². The molecule has 0 unspecified atom stereocenters. The molecule has 1 fully saturated rings. The Hall–Kier alpha value is -2.34. The topological polar surface area (TPSA) is 50.7 Å². The van der Waals surface area contributed by atoms with E-state index in [1.807, 2.05) is 30.3 Å². The minimum absolute atomic E-state index is 0.0874. The molecule has 4 rings (SSSR count). The predicted molar refractivity (Wildman–Crippen MR) is 87.0 cm³/mol. The molecule has 0 bridgehead atoms. The molecule has 0 saturated carbocycles. The number of nitrogens with zero attached hydrogens (tertiary/aromatic N) is 4. The standard InChI is InChI=1S/C17H20N4O2/c1-2-5-16-15(4-1)22-13-14(23-16)12-20-8-10-21(11-9-20)17-18-6-3-7-19-17/h1-7,14H,8-13H2/t14-/m1/s1. The van der Waals surface area contributed by atoms with Crippen molar-refractivity contribution in [1.29, 1.82) is 0 Å². The molecule has 1 saturated heterocycles. The first-order valence-corrected chi connectivity index (χ1v) is 8.01. The molecule has 120 valence electrons. The summed E-state index contributed by atoms with van der Waals surface area (Å²) in [6.45, 7) is 5.35. The van der Waals surface area contributed by atoms with Gasteiger partial charge >= 0.3 is 0 Å². The zero-order valence-corrected chi connectivity index (χ0v) is 13.0. The third-order valence-electron chi connectivity index (χ3n) is 4.24. The van der Waals surface area contributed by atoms with Gasteiger partial charge in [-0.05, 0) is 18.2 Å². The number of benzene rings is 1. The van der Waals surface area contributed by atoms with Crippen molar-refractivity contribution in [3.05, 3.63) is 42.7 Å². The maximum absolute atomic E-state index is 6.04. The number of anilines is 1. The van der Waals surface area contributed by atoms with Gasteiger partial charge in [-0.25, -0.2) is 9.97 Å². The minimum atomic E-state index is 0.0874. The van der Waals surface area contributed by atoms with Crippen molar-refractivity contribution in [1.82, 2.24) is 14.9 Å². The maximum Gasteiger partial charge on any atom is 0.225 e. The van der Waals surface area contributed by atoms with Crippen molar-refractivity contribution in [2.45, 2.75) is 6.10 Å². The van der Waals surface area contributed by atoms with Gasteiger partial charge in [0.05, 0.1) is 0 Å². The number of para-hydroxylation sites is 2. The van der Waals surface area contributed by atoms with E-state index in [1.165, 1.54) is 0 Å². The van der Waals surface area contributed by atoms with Gasteiger partial charge in [-0.3, -0.25) is 4.90 Å². The number of hydrogen-bond donors (Lipinski definition) is 0. The zero-order chi connectivity index (χ0) is 15.5. The van der Waals surface area contributed by atoms with Crippen molar-refractivity contribution in [3.63, 3.8) is 0 Å². The van der Waals surface area contributed by atoms with Crippen molar-refractivity contribution in [2.24, 2.45) is 0 Å². The summed E-state index contributed by atoms with van der Waals surface area (Å²) in [4.78, 5) is 13.3. The van der Waals surface area contributed by atoms with E-state index in [9.17, 15) is 0 Å². The van der Waals surface area contributed by atoms with Gasteiger partial charge in [-0.2, -0.15) is 0 Å². The first-order valence-electron chi connectivity index (χ1n) is 8.01. The number of piperazine rings is 1. The van der Waals surface area contributed by atoms with Gasteiger partial charge in [-0.15, -0.1) is 0 Å². The number of ether oxygens (including phenoxy) is 2. The smallest absolute Gasteiger partial charge is 0.225 e. The lowest BCUT2D eigenvalue weighted by atomic mass is 10.2. The van der Waals surface area contributed by atoms with Gasteiger partial charge < -0.3 is 14.4 Å². The zero-order valence-electron chi connectivity index (χ0n) is 13.0. The molecule has 6 nitrogen and oxygen atoms in total. The Kier molecular flexibility index (Phi) is 3.98. The first-order chi connectivity index (χ1) is 11.4. The van der Waals surface area contributed by atoms with Crippen LogP contribution in [0.1, 0.15) is 0 Å². The van der Waals surface area contributed by atoms with Crippen molar-refractivity contribution < 1.29 is 9.47 Å². The largest absolute Gasteiger partial charge is 0.486 e. The Bertz CT molecular complexity index is 644. The van der Waals surface area contributed by atoms with Gasteiger partial charge in [0.2, 0.25) is 5.95 Å². The molecule has 2 aromatic rings. The number of aromatic nitrogens is 2. The third-order valence-corrected chi connectivity index (χ3v) is 4.24. The molecule has 0 radical (unpaired) electrons. The van der Waals surface area contributed by atoms with E-state index in [0.29, 0.717) is 6.61 Å². The molecule has 1 aromatic carbocycles. The monoisotopic (exact) mass is 312 g/mol. The highest BCUT2D eigenvalue weighted by Gasteiger charge is 2.25. The molecule has 6 heteroatoms. The van der Waals surface area contributed by atoms with Crippen LogP contribution >= 0.6 is 0 Å². The minimum Gasteiger partial charge on any atom is -0.486 e. The Morgan fingerprint density at radius 3 is 2.48 bits per heavy atom. The summed E-state index contributed by atoms with van der Waals surface area (Å²) in [6, 6.07) is 9.70. The third kappa shape index (κ3) is 3.22. The molecule has 0 spiro atoms. The molecule has 0 aliphatic carbocycles. The van der Waals surface area contributed by atoms with Crippen LogP contribution in [0.4, 0.5) is 5.95 Å². The van der Waals surface area contributed by atoms with E-state index < -0.39 is 0 Å². The summed E-state index contributed by atoms with van der Waals surface area (Å²) >= 11 is 0. The van der Waals surface area contributed by atoms with Gasteiger partial charge in [0, 0.05) is 45.1 Å². The van der Waals surface area contributed by atoms with E-state index in [1.54, 1.807) is 12.4 Å². The summed E-state index contributed by atoms with van der Waals surface area (Å²) in [5.74, 6) is 2.51. The fraction of sp³-hybridized carbons (Fsp3) is 0.412. The van der Waals surface area contributed by atoms with Gasteiger partial charge in [0.1, 0.15) is 12.7 Å². The number of fused-ring (bicyclic) bond motifs is 1. The summed E-state index contributed by atoms with van der Waals surface area (Å²) < 4.78 is 11.8. The molecular weight excluding hydrogens is 292 g/mol. The van der Waals surface area contributed by atoms with Gasteiger partial charge in [0.15, 0.2) is 11.5 Å². The maximum atomic E-state index is 6.04. The Labute approximate surface area is 135 Å². The van der Waals surface area contributed by atoms with E-state index >= 15 is 0 Å².